The molecule has 0 saturated heterocycles. The Kier molecular flexibility index (Phi) is 4.48. The molecule has 2 atom stereocenters. The molecular formula is C25H21ClF2N2O3. The maximum atomic E-state index is 13.6. The van der Waals surface area contributed by atoms with Crippen molar-refractivity contribution >= 4 is 17.4 Å². The van der Waals surface area contributed by atoms with Gasteiger partial charge in [0.25, 0.3) is 0 Å². The first-order valence-electron chi connectivity index (χ1n) is 10.9. The van der Waals surface area contributed by atoms with Gasteiger partial charge in [-0.1, -0.05) is 11.6 Å². The molecule has 33 heavy (non-hydrogen) atoms. The van der Waals surface area contributed by atoms with Crippen LogP contribution in [0.1, 0.15) is 43.8 Å². The maximum absolute atomic E-state index is 13.6. The van der Waals surface area contributed by atoms with Gasteiger partial charge in [-0.25, -0.2) is 13.8 Å². The molecule has 3 aromatic rings. The molecule has 0 amide bonds. The number of benzene rings is 2. The molecule has 1 aliphatic heterocycles. The number of nitrogens with zero attached hydrogens (tertiary/aromatic N) is 2. The number of ether oxygens (including phenoxy) is 1. The molecule has 0 unspecified atom stereocenters. The number of Topliss-reactive ketones (excluding diaryl/α,β-unsaturated/α-hetero) is 1. The molecular weight excluding hydrogens is 450 g/mol. The van der Waals surface area contributed by atoms with Crippen molar-refractivity contribution in [2.75, 3.05) is 0 Å². The van der Waals surface area contributed by atoms with Crippen molar-refractivity contribution in [3.8, 4) is 17.0 Å². The zero-order valence-electron chi connectivity index (χ0n) is 17.6. The molecule has 1 N–H and O–H groups in total. The van der Waals surface area contributed by atoms with Gasteiger partial charge in [-0.3, -0.25) is 4.79 Å². The number of hydrogen-bond acceptors (Lipinski definition) is 4. The topological polar surface area (TPSA) is 64.4 Å². The van der Waals surface area contributed by atoms with Crippen molar-refractivity contribution < 1.29 is 23.4 Å². The van der Waals surface area contributed by atoms with Crippen LogP contribution in [0.3, 0.4) is 0 Å². The van der Waals surface area contributed by atoms with E-state index in [4.69, 9.17) is 16.3 Å². The number of halogens is 3. The lowest BCUT2D eigenvalue weighted by Gasteiger charge is -2.71. The summed E-state index contributed by atoms with van der Waals surface area (Å²) < 4.78 is 34.7. The third-order valence-electron chi connectivity index (χ3n) is 7.40. The quantitative estimate of drug-likeness (QED) is 0.556. The van der Waals surface area contributed by atoms with Crippen LogP contribution in [-0.4, -0.2) is 26.5 Å². The Morgan fingerprint density at radius 2 is 1.97 bits per heavy atom. The molecule has 0 radical (unpaired) electrons. The fourth-order valence-electron chi connectivity index (χ4n) is 5.89. The van der Waals surface area contributed by atoms with Gasteiger partial charge in [-0.05, 0) is 61.1 Å². The largest absolute Gasteiger partial charge is 0.482 e. The first kappa shape index (κ1) is 20.8. The van der Waals surface area contributed by atoms with Crippen molar-refractivity contribution in [3.63, 3.8) is 0 Å². The molecule has 5 nitrogen and oxygen atoms in total. The number of carbonyl (C=O) groups excluding carboxylic acids is 1. The Morgan fingerprint density at radius 3 is 2.73 bits per heavy atom. The minimum absolute atomic E-state index is 0.0102. The van der Waals surface area contributed by atoms with Gasteiger partial charge >= 0.3 is 0 Å². The highest BCUT2D eigenvalue weighted by atomic mass is 35.5. The normalized spacial score (nSPS) is 29.5. The molecule has 2 heterocycles. The van der Waals surface area contributed by atoms with Gasteiger partial charge in [0.15, 0.2) is 23.5 Å². The molecule has 2 bridgehead atoms. The average Bonchev–Trinajstić information content (AvgIpc) is 3.21. The van der Waals surface area contributed by atoms with Crippen LogP contribution >= 0.6 is 11.6 Å². The van der Waals surface area contributed by atoms with Gasteiger partial charge in [0.05, 0.1) is 18.1 Å². The van der Waals surface area contributed by atoms with Crippen LogP contribution in [0.5, 0.6) is 5.75 Å². The molecule has 8 heteroatoms. The van der Waals surface area contributed by atoms with Gasteiger partial charge in [-0.2, -0.15) is 0 Å². The smallest absolute Gasteiger partial charge is 0.173 e. The fraction of sp³-hybridized carbons (Fsp3) is 0.360. The van der Waals surface area contributed by atoms with Gasteiger partial charge in [0, 0.05) is 40.7 Å². The predicted octanol–water partition coefficient (Wildman–Crippen LogP) is 5.20. The zero-order valence-corrected chi connectivity index (χ0v) is 18.4. The third kappa shape index (κ3) is 3.28. The maximum Gasteiger partial charge on any atom is 0.173 e. The summed E-state index contributed by atoms with van der Waals surface area (Å²) in [5.74, 6) is -1.26. The van der Waals surface area contributed by atoms with Crippen LogP contribution < -0.4 is 4.74 Å². The lowest BCUT2D eigenvalue weighted by molar-refractivity contribution is -0.195. The van der Waals surface area contributed by atoms with Crippen molar-refractivity contribution in [1.82, 2.24) is 9.55 Å². The highest BCUT2D eigenvalue weighted by molar-refractivity contribution is 6.30. The van der Waals surface area contributed by atoms with Gasteiger partial charge in [0.2, 0.25) is 0 Å². The number of hydrogen-bond donors (Lipinski definition) is 1. The van der Waals surface area contributed by atoms with Crippen LogP contribution in [0.2, 0.25) is 5.02 Å². The van der Waals surface area contributed by atoms with Gasteiger partial charge in [-0.15, -0.1) is 0 Å². The summed E-state index contributed by atoms with van der Waals surface area (Å²) in [5, 5.41) is 11.0. The first-order valence-corrected chi connectivity index (χ1v) is 11.3. The van der Waals surface area contributed by atoms with Crippen LogP contribution in [0.4, 0.5) is 8.78 Å². The van der Waals surface area contributed by atoms with E-state index in [9.17, 15) is 18.7 Å². The van der Waals surface area contributed by atoms with Crippen molar-refractivity contribution in [3.05, 3.63) is 71.1 Å². The van der Waals surface area contributed by atoms with Crippen LogP contribution in [0, 0.1) is 17.0 Å². The summed E-state index contributed by atoms with van der Waals surface area (Å²) in [7, 11) is 0. The average molecular weight is 471 g/mol. The number of imidazole rings is 1. The van der Waals surface area contributed by atoms with Gasteiger partial charge in [0.1, 0.15) is 5.75 Å². The number of rotatable bonds is 5. The molecule has 3 aliphatic carbocycles. The van der Waals surface area contributed by atoms with Crippen LogP contribution in [0.15, 0.2) is 48.9 Å². The summed E-state index contributed by atoms with van der Waals surface area (Å²) in [6.07, 6.45) is 5.38. The van der Waals surface area contributed by atoms with E-state index in [-0.39, 0.29) is 23.2 Å². The lowest BCUT2D eigenvalue weighted by atomic mass is 9.38. The molecule has 1 aromatic heterocycles. The first-order chi connectivity index (χ1) is 15.8. The summed E-state index contributed by atoms with van der Waals surface area (Å²) in [5.41, 5.74) is 1.62. The standard InChI is InChI=1S/C25H21ClF2N2O3/c26-15-2-4-22-16(6-15)20(31)7-23(33-22)21(32)8-24-10-25(11-24,12-24)30-9-19(29-13-30)14-1-3-17(27)18(28)5-14/h1-6,9,13,20,23,31H,7-8,10-12H2/t20-,23-,24?,25?/m0/s1. The van der Waals surface area contributed by atoms with E-state index in [2.05, 4.69) is 4.98 Å². The number of carbonyl (C=O) groups is 1. The highest BCUT2D eigenvalue weighted by Crippen LogP contribution is 2.73. The lowest BCUT2D eigenvalue weighted by Crippen LogP contribution is -2.68. The van der Waals surface area contributed by atoms with Crippen molar-refractivity contribution in [1.29, 1.82) is 0 Å². The highest BCUT2D eigenvalue weighted by Gasteiger charge is 2.69. The zero-order chi connectivity index (χ0) is 23.0. The monoisotopic (exact) mass is 470 g/mol. The van der Waals surface area contributed by atoms with Crippen LogP contribution in [0.25, 0.3) is 11.3 Å². The second kappa shape index (κ2) is 7.11. The number of fused-ring (bicyclic) bond motifs is 1. The second-order valence-electron chi connectivity index (χ2n) is 9.73. The number of aromatic nitrogens is 2. The minimum Gasteiger partial charge on any atom is -0.482 e. The van der Waals surface area contributed by atoms with E-state index in [0.717, 1.165) is 31.4 Å². The van der Waals surface area contributed by atoms with Crippen molar-refractivity contribution in [2.45, 2.75) is 49.9 Å². The molecule has 2 aromatic carbocycles. The molecule has 3 fully saturated rings. The van der Waals surface area contributed by atoms with Crippen molar-refractivity contribution in [2.24, 2.45) is 5.41 Å². The third-order valence-corrected chi connectivity index (χ3v) is 7.64. The van der Waals surface area contributed by atoms with E-state index >= 15 is 0 Å². The van der Waals surface area contributed by atoms with E-state index in [1.54, 1.807) is 24.5 Å². The van der Waals surface area contributed by atoms with E-state index in [1.165, 1.54) is 6.07 Å². The Morgan fingerprint density at radius 1 is 1.18 bits per heavy atom. The predicted molar refractivity (Wildman–Crippen MR) is 117 cm³/mol. The summed E-state index contributed by atoms with van der Waals surface area (Å²) in [6, 6.07) is 8.81. The summed E-state index contributed by atoms with van der Waals surface area (Å²) in [4.78, 5) is 17.4. The van der Waals surface area contributed by atoms with E-state index in [1.807, 2.05) is 10.8 Å². The Balaban J connectivity index is 1.11. The molecule has 3 saturated carbocycles. The molecule has 170 valence electrons. The van der Waals surface area contributed by atoms with Gasteiger partial charge < -0.3 is 14.4 Å². The van der Waals surface area contributed by atoms with Crippen LogP contribution in [-0.2, 0) is 10.3 Å². The Hall–Kier alpha value is -2.77. The number of aliphatic hydroxyl groups is 1. The summed E-state index contributed by atoms with van der Waals surface area (Å²) in [6.45, 7) is 0. The molecule has 7 rings (SSSR count). The Bertz CT molecular complexity index is 1270. The van der Waals surface area contributed by atoms with E-state index < -0.39 is 23.8 Å². The fourth-order valence-corrected chi connectivity index (χ4v) is 6.07. The number of ketones is 1. The molecule has 0 spiro atoms. The van der Waals surface area contributed by atoms with E-state index in [0.29, 0.717) is 34.0 Å². The molecule has 4 aliphatic rings. The summed E-state index contributed by atoms with van der Waals surface area (Å²) >= 11 is 6.00. The number of aliphatic hydroxyl groups excluding tert-OH is 1. The SMILES string of the molecule is O=C(CC12CC(n3cnc(-c4ccc(F)c(F)c4)c3)(C1)C2)[C@@H]1C[C@H](O)c2cc(Cl)ccc2O1. The Labute approximate surface area is 194 Å². The second-order valence-corrected chi connectivity index (χ2v) is 10.2. The minimum atomic E-state index is -0.897.